The quantitative estimate of drug-likeness (QED) is 0.0723. The predicted molar refractivity (Wildman–Crippen MR) is 184 cm³/mol. The summed E-state index contributed by atoms with van der Waals surface area (Å²) in [6.45, 7) is 7.50. The standard InChI is InChI=1S/4C5H16N4.4ClH/c4*6-1-5(2-7,3-8)4-9;;;;/h4*1-4,6-9H2;4*1H. The Morgan fingerprint density at radius 3 is 0.225 bits per heavy atom. The molecule has 0 aliphatic heterocycles. The molecule has 0 aromatic rings. The monoisotopic (exact) mass is 672 g/mol. The van der Waals surface area contributed by atoms with Crippen LogP contribution in [0.4, 0.5) is 0 Å². The Hall–Kier alpha value is 0.520. The summed E-state index contributed by atoms with van der Waals surface area (Å²) in [4.78, 5) is 0. The van der Waals surface area contributed by atoms with Gasteiger partial charge in [-0.1, -0.05) is 0 Å². The van der Waals surface area contributed by atoms with E-state index < -0.39 is 0 Å². The van der Waals surface area contributed by atoms with Gasteiger partial charge in [0.25, 0.3) is 0 Å². The van der Waals surface area contributed by atoms with Gasteiger partial charge < -0.3 is 91.7 Å². The van der Waals surface area contributed by atoms with Crippen LogP contribution < -0.4 is 91.7 Å². The van der Waals surface area contributed by atoms with Gasteiger partial charge in [0.2, 0.25) is 0 Å². The Morgan fingerprint density at radius 2 is 0.225 bits per heavy atom. The first-order chi connectivity index (χ1) is 17.0. The molecule has 0 aliphatic carbocycles. The number of nitrogens with two attached hydrogens (primary N) is 16. The highest BCUT2D eigenvalue weighted by Crippen LogP contribution is 2.08. The molecule has 0 amide bonds. The number of hydrogen-bond acceptors (Lipinski definition) is 16. The summed E-state index contributed by atoms with van der Waals surface area (Å²) in [6.07, 6.45) is 0. The summed E-state index contributed by atoms with van der Waals surface area (Å²) in [7, 11) is 0. The van der Waals surface area contributed by atoms with Gasteiger partial charge in [-0.3, -0.25) is 0 Å². The lowest BCUT2D eigenvalue weighted by atomic mass is 9.89. The van der Waals surface area contributed by atoms with Gasteiger partial charge in [-0.2, -0.15) is 0 Å². The normalized spacial score (nSPS) is 10.8. The van der Waals surface area contributed by atoms with Crippen molar-refractivity contribution in [2.45, 2.75) is 0 Å². The minimum absolute atomic E-state index is 0. The highest BCUT2D eigenvalue weighted by Gasteiger charge is 2.24. The fraction of sp³-hybridized carbons (Fsp3) is 1.00. The van der Waals surface area contributed by atoms with Crippen LogP contribution in [-0.4, -0.2) is 105 Å². The minimum Gasteiger partial charge on any atom is -0.330 e. The van der Waals surface area contributed by atoms with Crippen LogP contribution in [0.3, 0.4) is 0 Å². The second-order valence-corrected chi connectivity index (χ2v) is 9.27. The number of hydrogen-bond donors (Lipinski definition) is 16. The third-order valence-electron chi connectivity index (χ3n) is 6.93. The van der Waals surface area contributed by atoms with Gasteiger partial charge in [0, 0.05) is 126 Å². The van der Waals surface area contributed by atoms with E-state index in [0.29, 0.717) is 105 Å². The largest absolute Gasteiger partial charge is 0.330 e. The molecule has 0 heterocycles. The van der Waals surface area contributed by atoms with E-state index in [9.17, 15) is 0 Å². The van der Waals surface area contributed by atoms with Crippen molar-refractivity contribution in [1.82, 2.24) is 0 Å². The first kappa shape index (κ1) is 59.8. The van der Waals surface area contributed by atoms with E-state index in [0.717, 1.165) is 0 Å². The smallest absolute Gasteiger partial charge is 0.0193 e. The molecule has 0 aromatic carbocycles. The Balaban J connectivity index is -0.0000000551. The molecule has 0 rings (SSSR count). The molecule has 0 aliphatic rings. The van der Waals surface area contributed by atoms with Crippen LogP contribution in [0.1, 0.15) is 0 Å². The lowest BCUT2D eigenvalue weighted by Crippen LogP contribution is -2.49. The summed E-state index contributed by atoms with van der Waals surface area (Å²) in [5, 5.41) is 0. The Kier molecular flexibility index (Phi) is 53.4. The van der Waals surface area contributed by atoms with Crippen molar-refractivity contribution < 1.29 is 0 Å². The molecule has 0 saturated heterocycles. The maximum Gasteiger partial charge on any atom is 0.0193 e. The van der Waals surface area contributed by atoms with Gasteiger partial charge in [0.1, 0.15) is 0 Å². The van der Waals surface area contributed by atoms with E-state index in [1.165, 1.54) is 0 Å². The van der Waals surface area contributed by atoms with Crippen molar-refractivity contribution in [2.75, 3.05) is 105 Å². The van der Waals surface area contributed by atoms with Crippen LogP contribution in [0, 0.1) is 21.7 Å². The van der Waals surface area contributed by atoms with E-state index in [2.05, 4.69) is 0 Å². The Labute approximate surface area is 267 Å². The van der Waals surface area contributed by atoms with E-state index in [-0.39, 0.29) is 71.3 Å². The number of halogens is 4. The van der Waals surface area contributed by atoms with Gasteiger partial charge >= 0.3 is 0 Å². The van der Waals surface area contributed by atoms with E-state index in [1.54, 1.807) is 0 Å². The Bertz CT molecular complexity index is 306. The van der Waals surface area contributed by atoms with E-state index in [1.807, 2.05) is 0 Å². The second-order valence-electron chi connectivity index (χ2n) is 9.27. The van der Waals surface area contributed by atoms with Crippen molar-refractivity contribution in [3.05, 3.63) is 0 Å². The van der Waals surface area contributed by atoms with Gasteiger partial charge in [0.15, 0.2) is 0 Å². The van der Waals surface area contributed by atoms with Crippen molar-refractivity contribution in [2.24, 2.45) is 113 Å². The topological polar surface area (TPSA) is 416 Å². The fourth-order valence-corrected chi connectivity index (χ4v) is 2.00. The summed E-state index contributed by atoms with van der Waals surface area (Å²) < 4.78 is 0. The zero-order valence-electron chi connectivity index (χ0n) is 24.2. The highest BCUT2D eigenvalue weighted by molar-refractivity contribution is 5.86. The molecule has 0 atom stereocenters. The Morgan fingerprint density at radius 1 is 0.175 bits per heavy atom. The van der Waals surface area contributed by atoms with Gasteiger partial charge in [0.05, 0.1) is 0 Å². The summed E-state index contributed by atoms with van der Waals surface area (Å²) in [5.41, 5.74) is 85.5. The maximum absolute atomic E-state index is 5.40. The van der Waals surface area contributed by atoms with Crippen LogP contribution in [0.5, 0.6) is 0 Å². The lowest BCUT2D eigenvalue weighted by molar-refractivity contribution is 0.333. The third kappa shape index (κ3) is 23.0. The second kappa shape index (κ2) is 35.7. The van der Waals surface area contributed by atoms with Crippen LogP contribution >= 0.6 is 49.6 Å². The first-order valence-electron chi connectivity index (χ1n) is 12.2. The summed E-state index contributed by atoms with van der Waals surface area (Å²) in [5.74, 6) is 0. The summed E-state index contributed by atoms with van der Waals surface area (Å²) >= 11 is 0. The SMILES string of the molecule is Cl.Cl.Cl.Cl.NCC(CN)(CN)CN.NCC(CN)(CN)CN.NCC(CN)(CN)CN.NCC(CN)(CN)CN. The predicted octanol–water partition coefficient (Wildman–Crippen LogP) is -7.08. The lowest BCUT2D eigenvalue weighted by Gasteiger charge is -2.26. The van der Waals surface area contributed by atoms with Crippen molar-refractivity contribution >= 4 is 49.6 Å². The molecule has 0 radical (unpaired) electrons. The molecule has 0 fully saturated rings. The molecule has 0 saturated carbocycles. The van der Waals surface area contributed by atoms with Crippen molar-refractivity contribution in [1.29, 1.82) is 0 Å². The first-order valence-corrected chi connectivity index (χ1v) is 12.2. The van der Waals surface area contributed by atoms with Gasteiger partial charge in [-0.25, -0.2) is 0 Å². The maximum atomic E-state index is 5.40. The van der Waals surface area contributed by atoms with Crippen molar-refractivity contribution in [3.8, 4) is 0 Å². The molecule has 0 bridgehead atoms. The fourth-order valence-electron chi connectivity index (χ4n) is 2.00. The molecule has 40 heavy (non-hydrogen) atoms. The number of rotatable bonds is 16. The molecule has 0 aromatic heterocycles. The molecule has 0 spiro atoms. The summed E-state index contributed by atoms with van der Waals surface area (Å²) in [6, 6.07) is 0. The van der Waals surface area contributed by atoms with Crippen LogP contribution in [0.15, 0.2) is 0 Å². The van der Waals surface area contributed by atoms with E-state index in [4.69, 9.17) is 91.7 Å². The molecule has 32 N–H and O–H groups in total. The van der Waals surface area contributed by atoms with Gasteiger partial charge in [-0.05, 0) is 0 Å². The van der Waals surface area contributed by atoms with E-state index >= 15 is 0 Å². The third-order valence-corrected chi connectivity index (χ3v) is 6.93. The molecule has 20 heteroatoms. The minimum atomic E-state index is -0.222. The van der Waals surface area contributed by atoms with Gasteiger partial charge in [-0.15, -0.1) is 49.6 Å². The molecule has 0 unspecified atom stereocenters. The molecular formula is C20H68Cl4N16. The van der Waals surface area contributed by atoms with Crippen LogP contribution in [0.2, 0.25) is 0 Å². The molecular weight excluding hydrogens is 606 g/mol. The highest BCUT2D eigenvalue weighted by atomic mass is 35.5. The molecule has 16 nitrogen and oxygen atoms in total. The zero-order valence-corrected chi connectivity index (χ0v) is 27.5. The van der Waals surface area contributed by atoms with Crippen LogP contribution in [0.25, 0.3) is 0 Å². The average Bonchev–Trinajstić information content (AvgIpc) is 2.96. The van der Waals surface area contributed by atoms with Crippen molar-refractivity contribution in [3.63, 3.8) is 0 Å². The average molecular weight is 675 g/mol. The zero-order chi connectivity index (χ0) is 29.3. The van der Waals surface area contributed by atoms with Crippen LogP contribution in [-0.2, 0) is 0 Å². The molecule has 256 valence electrons.